The first-order chi connectivity index (χ1) is 11.4. The third-order valence-corrected chi connectivity index (χ3v) is 4.21. The van der Waals surface area contributed by atoms with E-state index in [9.17, 15) is 0 Å². The maximum atomic E-state index is 4.83. The Balaban J connectivity index is 1.71. The number of pyridine rings is 1. The fraction of sp³-hybridized carbons (Fsp3) is 0.167. The maximum absolute atomic E-state index is 4.83. The number of imidazole rings is 1. The lowest BCUT2D eigenvalue weighted by Gasteiger charge is -2.06. The highest BCUT2D eigenvalue weighted by Gasteiger charge is 2.29. The van der Waals surface area contributed by atoms with Crippen molar-refractivity contribution in [3.8, 4) is 17.1 Å². The number of benzene rings is 1. The maximum Gasteiger partial charge on any atom is 0.165 e. The highest BCUT2D eigenvalue weighted by molar-refractivity contribution is 5.60. The second-order valence-electron chi connectivity index (χ2n) is 5.93. The Morgan fingerprint density at radius 1 is 1.00 bits per heavy atom. The van der Waals surface area contributed by atoms with Gasteiger partial charge in [0.2, 0.25) is 0 Å². The topological polar surface area (TPSA) is 48.0 Å². The molecule has 1 saturated carbocycles. The molecule has 4 aromatic rings. The lowest BCUT2D eigenvalue weighted by Crippen LogP contribution is -2.00. The third kappa shape index (κ3) is 2.12. The normalized spacial score (nSPS) is 14.4. The molecule has 0 saturated heterocycles. The van der Waals surface area contributed by atoms with E-state index in [1.54, 1.807) is 6.20 Å². The Bertz CT molecular complexity index is 979. The molecule has 1 aromatic carbocycles. The molecule has 0 spiro atoms. The van der Waals surface area contributed by atoms with Crippen molar-refractivity contribution in [2.75, 3.05) is 0 Å². The summed E-state index contributed by atoms with van der Waals surface area (Å²) in [5.74, 6) is 2.36. The van der Waals surface area contributed by atoms with Crippen molar-refractivity contribution in [1.82, 2.24) is 24.1 Å². The van der Waals surface area contributed by atoms with Gasteiger partial charge in [0.15, 0.2) is 11.6 Å². The van der Waals surface area contributed by atoms with E-state index in [1.807, 2.05) is 39.5 Å². The Morgan fingerprint density at radius 2 is 1.87 bits per heavy atom. The summed E-state index contributed by atoms with van der Waals surface area (Å²) in [4.78, 5) is 9.13. The molecular weight excluding hydrogens is 286 g/mol. The van der Waals surface area contributed by atoms with Crippen LogP contribution in [-0.2, 0) is 0 Å². The fourth-order valence-corrected chi connectivity index (χ4v) is 2.83. The van der Waals surface area contributed by atoms with Crippen LogP contribution in [0, 0.1) is 0 Å². The van der Waals surface area contributed by atoms with Crippen molar-refractivity contribution in [2.45, 2.75) is 18.8 Å². The van der Waals surface area contributed by atoms with Crippen molar-refractivity contribution in [2.24, 2.45) is 0 Å². The summed E-state index contributed by atoms with van der Waals surface area (Å²) in [5, 5.41) is 4.77. The van der Waals surface area contributed by atoms with Gasteiger partial charge in [-0.2, -0.15) is 5.10 Å². The number of rotatable bonds is 3. The van der Waals surface area contributed by atoms with Crippen LogP contribution in [0.25, 0.3) is 22.7 Å². The van der Waals surface area contributed by atoms with Gasteiger partial charge in [-0.15, -0.1) is 0 Å². The summed E-state index contributed by atoms with van der Waals surface area (Å²) in [6.45, 7) is 0. The lowest BCUT2D eigenvalue weighted by atomic mass is 10.2. The van der Waals surface area contributed by atoms with Crippen molar-refractivity contribution >= 4 is 5.65 Å². The first kappa shape index (κ1) is 12.6. The summed E-state index contributed by atoms with van der Waals surface area (Å²) in [5.41, 5.74) is 3.01. The number of nitrogens with zero attached hydrogens (tertiary/aromatic N) is 5. The van der Waals surface area contributed by atoms with Gasteiger partial charge in [0.25, 0.3) is 0 Å². The molecule has 5 rings (SSSR count). The van der Waals surface area contributed by atoms with E-state index in [2.05, 4.69) is 29.4 Å². The van der Waals surface area contributed by atoms with Crippen molar-refractivity contribution in [3.63, 3.8) is 0 Å². The molecule has 0 atom stereocenters. The number of para-hydroxylation sites is 1. The van der Waals surface area contributed by atoms with Crippen molar-refractivity contribution < 1.29 is 0 Å². The molecular formula is C18H15N5. The minimum absolute atomic E-state index is 0.524. The number of hydrogen-bond donors (Lipinski definition) is 0. The van der Waals surface area contributed by atoms with E-state index in [0.717, 1.165) is 28.5 Å². The van der Waals surface area contributed by atoms with Crippen LogP contribution in [0.2, 0.25) is 0 Å². The van der Waals surface area contributed by atoms with E-state index in [1.165, 1.54) is 12.8 Å². The van der Waals surface area contributed by atoms with E-state index >= 15 is 0 Å². The molecule has 1 aliphatic rings. The average molecular weight is 301 g/mol. The zero-order valence-electron chi connectivity index (χ0n) is 12.5. The van der Waals surface area contributed by atoms with Gasteiger partial charge in [0, 0.05) is 30.1 Å². The standard InChI is InChI=1S/C18H15N5/c1-2-4-15(5-3-1)23-18(20-17(21-23)13-6-7-13)14-8-9-16-19-10-11-22(16)12-14/h1-5,8-13H,6-7H2. The van der Waals surface area contributed by atoms with Crippen LogP contribution < -0.4 is 0 Å². The third-order valence-electron chi connectivity index (χ3n) is 4.21. The number of hydrogen-bond acceptors (Lipinski definition) is 3. The molecule has 1 fully saturated rings. The second-order valence-corrected chi connectivity index (χ2v) is 5.93. The zero-order valence-corrected chi connectivity index (χ0v) is 12.5. The van der Waals surface area contributed by atoms with Gasteiger partial charge in [-0.05, 0) is 37.1 Å². The molecule has 3 heterocycles. The van der Waals surface area contributed by atoms with Crippen LogP contribution in [-0.4, -0.2) is 24.1 Å². The Kier molecular flexibility index (Phi) is 2.61. The molecule has 5 heteroatoms. The van der Waals surface area contributed by atoms with Gasteiger partial charge >= 0.3 is 0 Å². The average Bonchev–Trinajstić information content (AvgIpc) is 3.18. The Hall–Kier alpha value is -2.95. The quantitative estimate of drug-likeness (QED) is 0.582. The molecule has 5 nitrogen and oxygen atoms in total. The monoisotopic (exact) mass is 301 g/mol. The second kappa shape index (κ2) is 4.78. The van der Waals surface area contributed by atoms with Gasteiger partial charge in [0.1, 0.15) is 5.65 Å². The van der Waals surface area contributed by atoms with E-state index in [-0.39, 0.29) is 0 Å². The van der Waals surface area contributed by atoms with Gasteiger partial charge in [0.05, 0.1) is 5.69 Å². The summed E-state index contributed by atoms with van der Waals surface area (Å²) in [6.07, 6.45) is 8.20. The van der Waals surface area contributed by atoms with Crippen LogP contribution >= 0.6 is 0 Å². The highest BCUT2D eigenvalue weighted by atomic mass is 15.4. The molecule has 0 aliphatic heterocycles. The summed E-state index contributed by atoms with van der Waals surface area (Å²) < 4.78 is 3.96. The first-order valence-electron chi connectivity index (χ1n) is 7.84. The molecule has 1 aliphatic carbocycles. The fourth-order valence-electron chi connectivity index (χ4n) is 2.83. The first-order valence-corrected chi connectivity index (χ1v) is 7.84. The van der Waals surface area contributed by atoms with Crippen LogP contribution in [0.4, 0.5) is 0 Å². The largest absolute Gasteiger partial charge is 0.306 e. The number of aromatic nitrogens is 5. The summed E-state index contributed by atoms with van der Waals surface area (Å²) >= 11 is 0. The van der Waals surface area contributed by atoms with Crippen LogP contribution in [0.5, 0.6) is 0 Å². The molecule has 3 aromatic heterocycles. The molecule has 23 heavy (non-hydrogen) atoms. The van der Waals surface area contributed by atoms with Crippen molar-refractivity contribution in [3.05, 3.63) is 66.9 Å². The number of fused-ring (bicyclic) bond motifs is 1. The van der Waals surface area contributed by atoms with Gasteiger partial charge < -0.3 is 4.40 Å². The highest BCUT2D eigenvalue weighted by Crippen LogP contribution is 2.39. The molecule has 0 N–H and O–H groups in total. The van der Waals surface area contributed by atoms with E-state index in [0.29, 0.717) is 5.92 Å². The van der Waals surface area contributed by atoms with Gasteiger partial charge in [-0.3, -0.25) is 0 Å². The Labute approximate surface area is 133 Å². The summed E-state index contributed by atoms with van der Waals surface area (Å²) in [7, 11) is 0. The molecule has 0 amide bonds. The SMILES string of the molecule is c1ccc(-n2nc(C3CC3)nc2-c2ccc3nccn3c2)cc1. The molecule has 0 unspecified atom stereocenters. The van der Waals surface area contributed by atoms with Crippen molar-refractivity contribution in [1.29, 1.82) is 0 Å². The Morgan fingerprint density at radius 3 is 2.70 bits per heavy atom. The van der Waals surface area contributed by atoms with Crippen LogP contribution in [0.1, 0.15) is 24.6 Å². The minimum atomic E-state index is 0.524. The van der Waals surface area contributed by atoms with E-state index in [4.69, 9.17) is 10.1 Å². The summed E-state index contributed by atoms with van der Waals surface area (Å²) in [6, 6.07) is 14.3. The minimum Gasteiger partial charge on any atom is -0.306 e. The molecule has 0 radical (unpaired) electrons. The van der Waals surface area contributed by atoms with Crippen LogP contribution in [0.3, 0.4) is 0 Å². The van der Waals surface area contributed by atoms with E-state index < -0.39 is 0 Å². The zero-order chi connectivity index (χ0) is 15.2. The van der Waals surface area contributed by atoms with Gasteiger partial charge in [-0.1, -0.05) is 18.2 Å². The predicted molar refractivity (Wildman–Crippen MR) is 87.5 cm³/mol. The van der Waals surface area contributed by atoms with Gasteiger partial charge in [-0.25, -0.2) is 14.6 Å². The molecule has 112 valence electrons. The smallest absolute Gasteiger partial charge is 0.165 e. The molecule has 0 bridgehead atoms. The van der Waals surface area contributed by atoms with Crippen LogP contribution in [0.15, 0.2) is 61.1 Å². The lowest BCUT2D eigenvalue weighted by molar-refractivity contribution is 0.838. The predicted octanol–water partition coefficient (Wildman–Crippen LogP) is 3.46.